The number of carboxylic acids is 1. The van der Waals surface area contributed by atoms with Crippen molar-refractivity contribution in [2.45, 2.75) is 183 Å². The summed E-state index contributed by atoms with van der Waals surface area (Å²) in [4.78, 5) is 169. The number of carboxylic acid groups (broad SMARTS) is 1. The van der Waals surface area contributed by atoms with E-state index < -0.39 is 145 Å². The van der Waals surface area contributed by atoms with Crippen molar-refractivity contribution in [2.75, 3.05) is 45.8 Å². The number of nitrogens with two attached hydrogens (primary N) is 15. The molecule has 0 saturated heterocycles. The van der Waals surface area contributed by atoms with Crippen molar-refractivity contribution in [3.63, 3.8) is 0 Å². The van der Waals surface area contributed by atoms with Gasteiger partial charge in [0.2, 0.25) is 59.1 Å². The number of amides is 10. The molecule has 0 aliphatic carbocycles. The Morgan fingerprint density at radius 3 is 0.717 bits per heavy atom. The molecule has 0 aromatic heterocycles. The lowest BCUT2D eigenvalue weighted by Gasteiger charge is -2.28. The summed E-state index contributed by atoms with van der Waals surface area (Å²) in [5.41, 5.74) is 83.2. The van der Waals surface area contributed by atoms with E-state index in [2.05, 4.69) is 67.5 Å². The molecule has 0 aliphatic heterocycles. The third-order valence-corrected chi connectivity index (χ3v) is 13.4. The van der Waals surface area contributed by atoms with Gasteiger partial charge in [0.25, 0.3) is 0 Å². The maximum Gasteiger partial charge on any atom is 0.326 e. The van der Waals surface area contributed by atoms with Crippen molar-refractivity contribution >= 4 is 94.8 Å². The Morgan fingerprint density at radius 2 is 0.489 bits per heavy atom. The molecule has 0 unspecified atom stereocenters. The lowest BCUT2D eigenvalue weighted by molar-refractivity contribution is -0.142. The summed E-state index contributed by atoms with van der Waals surface area (Å²) in [6.07, 6.45) is -0.511. The second-order valence-electron chi connectivity index (χ2n) is 21.3. The van der Waals surface area contributed by atoms with E-state index in [4.69, 9.17) is 86.0 Å². The van der Waals surface area contributed by atoms with Gasteiger partial charge in [-0.3, -0.25) is 72.9 Å². The molecular weight excluding hydrogens is 1210 g/mol. The van der Waals surface area contributed by atoms with Gasteiger partial charge in [0.1, 0.15) is 48.3 Å². The number of guanidine groups is 5. The molecule has 0 aliphatic rings. The highest BCUT2D eigenvalue weighted by Gasteiger charge is 2.35. The summed E-state index contributed by atoms with van der Waals surface area (Å²) in [5.74, 6) is -12.1. The van der Waals surface area contributed by atoms with Crippen molar-refractivity contribution in [1.29, 1.82) is 0 Å². The van der Waals surface area contributed by atoms with E-state index in [0.29, 0.717) is 32.1 Å². The Balaban J connectivity index is 7.36. The van der Waals surface area contributed by atoms with Crippen molar-refractivity contribution < 1.29 is 57.8 Å². The molecule has 0 aromatic carbocycles. The first-order valence-electron chi connectivity index (χ1n) is 30.1. The maximum atomic E-state index is 14.6. The second-order valence-corrected chi connectivity index (χ2v) is 21.3. The van der Waals surface area contributed by atoms with Crippen LogP contribution in [0.3, 0.4) is 0 Å². The summed E-state index contributed by atoms with van der Waals surface area (Å²) in [7, 11) is 0. The maximum absolute atomic E-state index is 14.6. The number of primary amides is 2. The molecule has 0 saturated carbocycles. The third-order valence-electron chi connectivity index (χ3n) is 13.4. The first-order valence-corrected chi connectivity index (χ1v) is 30.1. The van der Waals surface area contributed by atoms with Crippen LogP contribution in [0.15, 0.2) is 25.0 Å². The minimum absolute atomic E-state index is 0.00172. The summed E-state index contributed by atoms with van der Waals surface area (Å²) < 4.78 is 0. The molecule has 92 heavy (non-hydrogen) atoms. The van der Waals surface area contributed by atoms with E-state index in [-0.39, 0.29) is 146 Å². The first kappa shape index (κ1) is 82.4. The second kappa shape index (κ2) is 47.4. The molecule has 0 radical (unpaired) electrons. The fourth-order valence-electron chi connectivity index (χ4n) is 8.55. The topological polar surface area (TPSA) is 756 Å². The number of carbonyl (C=O) groups excluding carboxylic acids is 10. The normalized spacial score (nSPS) is 13.7. The summed E-state index contributed by atoms with van der Waals surface area (Å²) in [6.45, 7) is 0.530. The van der Waals surface area contributed by atoms with Crippen LogP contribution in [0.2, 0.25) is 0 Å². The predicted molar refractivity (Wildman–Crippen MR) is 343 cm³/mol. The van der Waals surface area contributed by atoms with E-state index >= 15 is 0 Å². The van der Waals surface area contributed by atoms with E-state index in [0.717, 1.165) is 0 Å². The molecule has 9 atom stereocenters. The van der Waals surface area contributed by atoms with Gasteiger partial charge < -0.3 is 134 Å². The molecule has 40 nitrogen and oxygen atoms in total. The van der Waals surface area contributed by atoms with E-state index in [9.17, 15) is 57.8 Å². The molecular formula is C52H102N28O12. The molecule has 0 bridgehead atoms. The summed E-state index contributed by atoms with van der Waals surface area (Å²) in [5, 5.41) is 30.2. The minimum Gasteiger partial charge on any atom is -0.480 e. The number of aliphatic carboxylic acids is 1. The molecule has 39 N–H and O–H groups in total. The molecule has 0 rings (SSSR count). The lowest BCUT2D eigenvalue weighted by Crippen LogP contribution is -2.60. The number of carbonyl (C=O) groups is 11. The zero-order valence-electron chi connectivity index (χ0n) is 52.1. The van der Waals surface area contributed by atoms with Gasteiger partial charge in [-0.25, -0.2) is 4.79 Å². The summed E-state index contributed by atoms with van der Waals surface area (Å²) in [6, 6.07) is -13.2. The Morgan fingerprint density at radius 1 is 0.283 bits per heavy atom. The average Bonchev–Trinajstić information content (AvgIpc) is 0.929. The highest BCUT2D eigenvalue weighted by atomic mass is 16.4. The van der Waals surface area contributed by atoms with Gasteiger partial charge in [-0.15, -0.1) is 0 Å². The van der Waals surface area contributed by atoms with Crippen LogP contribution in [0.25, 0.3) is 0 Å². The fraction of sp³-hybridized carbons (Fsp3) is 0.692. The van der Waals surface area contributed by atoms with Crippen LogP contribution in [-0.2, 0) is 52.7 Å². The van der Waals surface area contributed by atoms with Gasteiger partial charge in [-0.05, 0) is 129 Å². The quantitative estimate of drug-likeness (QED) is 0.0153. The highest BCUT2D eigenvalue weighted by molar-refractivity contribution is 5.98. The van der Waals surface area contributed by atoms with Gasteiger partial charge in [-0.2, -0.15) is 0 Å². The molecule has 0 fully saturated rings. The largest absolute Gasteiger partial charge is 0.480 e. The fourth-order valence-corrected chi connectivity index (χ4v) is 8.55. The molecule has 0 spiro atoms. The Hall–Kier alpha value is -9.60. The molecule has 40 heteroatoms. The third kappa shape index (κ3) is 39.4. The van der Waals surface area contributed by atoms with E-state index in [1.54, 1.807) is 0 Å². The van der Waals surface area contributed by atoms with Crippen LogP contribution in [0, 0.1) is 0 Å². The minimum atomic E-state index is -1.74. The zero-order valence-corrected chi connectivity index (χ0v) is 52.1. The van der Waals surface area contributed by atoms with Gasteiger partial charge >= 0.3 is 5.97 Å². The van der Waals surface area contributed by atoms with Gasteiger partial charge in [-0.1, -0.05) is 0 Å². The summed E-state index contributed by atoms with van der Waals surface area (Å²) >= 11 is 0. The number of hydrogen-bond acceptors (Lipinski definition) is 19. The van der Waals surface area contributed by atoms with Crippen molar-refractivity contribution in [2.24, 2.45) is 111 Å². The Kier molecular flexibility index (Phi) is 42.4. The standard InChI is InChI=1S/C52H102N28O12/c53-21-3-1-11-29(73-39(83)28(55)10-5-23-68-48(58)59)40(84)74-30(12-2-4-22-54)41(85)75-31(13-6-24-69-49(60)61)42(86)76-32(14-7-25-70-50(62)63)43(87)78-35(18-20-38(57)82)46(90)79-34(17-19-37(56)81)45(89)77-33(15-8-26-71-51(64)65)44(88)80-36(47(91)92)16-9-27-72-52(66)67/h28-36H,1-27,53-55H2,(H2,56,81)(H2,57,82)(H,73,83)(H,74,84)(H,75,85)(H,76,86)(H,77,89)(H,78,87)(H,79,90)(H,80,88)(H,91,92)(H4,58,59,68)(H4,60,61,69)(H4,62,63,70)(H4,64,65,71)(H4,66,67,72)/t28-,29-,30-,31-,32+,33-,34-,35-,36+/m0/s1. The molecule has 522 valence electrons. The predicted octanol–water partition coefficient (Wildman–Crippen LogP) is -10.7. The van der Waals surface area contributed by atoms with Crippen LogP contribution < -0.4 is 129 Å². The number of hydrogen-bond donors (Lipinski definition) is 24. The van der Waals surface area contributed by atoms with Crippen LogP contribution in [-0.4, -0.2) is 200 Å². The number of nitrogens with zero attached hydrogens (tertiary/aromatic N) is 5. The van der Waals surface area contributed by atoms with Crippen LogP contribution in [0.5, 0.6) is 0 Å². The van der Waals surface area contributed by atoms with Gasteiger partial charge in [0, 0.05) is 45.6 Å². The van der Waals surface area contributed by atoms with E-state index in [1.165, 1.54) is 0 Å². The highest BCUT2D eigenvalue weighted by Crippen LogP contribution is 2.12. The van der Waals surface area contributed by atoms with Crippen molar-refractivity contribution in [3.8, 4) is 0 Å². The zero-order chi connectivity index (χ0) is 69.7. The Bertz CT molecular complexity index is 2520. The van der Waals surface area contributed by atoms with Crippen LogP contribution in [0.4, 0.5) is 0 Å². The molecule has 0 heterocycles. The number of aliphatic imine (C=N–C) groups is 5. The Labute approximate surface area is 533 Å². The average molecular weight is 1310 g/mol. The lowest BCUT2D eigenvalue weighted by atomic mass is 10.0. The smallest absolute Gasteiger partial charge is 0.326 e. The number of rotatable bonds is 51. The van der Waals surface area contributed by atoms with E-state index in [1.807, 2.05) is 0 Å². The number of unbranched alkanes of at least 4 members (excludes halogenated alkanes) is 2. The van der Waals surface area contributed by atoms with Gasteiger partial charge in [0.15, 0.2) is 29.8 Å². The monoisotopic (exact) mass is 1310 g/mol. The molecule has 10 amide bonds. The SMILES string of the molecule is NCCCC[C@H](NC(=O)[C@H](CCCCN)NC(=O)[C@@H](N)CCCN=C(N)N)C(=O)N[C@@H](CCCN=C(N)N)C(=O)N[C@H](CCCN=C(N)N)C(=O)N[C@@H](CCC(N)=O)C(=O)N[C@@H](CCC(N)=O)C(=O)N[C@@H](CCCN=C(N)N)C(=O)N[C@H](CCCN=C(N)N)C(=O)O. The first-order chi connectivity index (χ1) is 43.4. The van der Waals surface area contributed by atoms with Crippen molar-refractivity contribution in [1.82, 2.24) is 42.5 Å². The van der Waals surface area contributed by atoms with Crippen LogP contribution >= 0.6 is 0 Å². The number of nitrogens with one attached hydrogen (secondary N) is 8. The molecule has 0 aromatic rings. The van der Waals surface area contributed by atoms with Crippen molar-refractivity contribution in [3.05, 3.63) is 0 Å². The van der Waals surface area contributed by atoms with Crippen LogP contribution in [0.1, 0.15) is 128 Å². The van der Waals surface area contributed by atoms with Gasteiger partial charge in [0.05, 0.1) is 6.04 Å².